The van der Waals surface area contributed by atoms with Crippen molar-refractivity contribution in [2.45, 2.75) is 33.2 Å². The summed E-state index contributed by atoms with van der Waals surface area (Å²) in [4.78, 5) is 25.3. The number of hydrogen-bond acceptors (Lipinski definition) is 3. The van der Waals surface area contributed by atoms with Gasteiger partial charge < -0.3 is 16.0 Å². The van der Waals surface area contributed by atoms with Crippen molar-refractivity contribution in [3.05, 3.63) is 77.1 Å². The highest BCUT2D eigenvalue weighted by Crippen LogP contribution is 2.27. The van der Waals surface area contributed by atoms with Gasteiger partial charge in [0.15, 0.2) is 0 Å². The van der Waals surface area contributed by atoms with Crippen LogP contribution in [0.5, 0.6) is 0 Å². The maximum atomic E-state index is 12.7. The molecule has 0 saturated carbocycles. The average Bonchev–Trinajstić information content (AvgIpc) is 2.66. The van der Waals surface area contributed by atoms with Crippen LogP contribution in [0.4, 0.5) is 5.69 Å². The summed E-state index contributed by atoms with van der Waals surface area (Å²) in [5, 5.41) is 9.12. The lowest BCUT2D eigenvalue weighted by Crippen LogP contribution is -2.54. The first kappa shape index (κ1) is 18.7. The number of anilines is 1. The summed E-state index contributed by atoms with van der Waals surface area (Å²) in [5.74, 6) is 0.158. The second-order valence-electron chi connectivity index (χ2n) is 6.84. The first-order valence-corrected chi connectivity index (χ1v) is 9.23. The zero-order valence-electron chi connectivity index (χ0n) is 15.9. The largest absolute Gasteiger partial charge is 0.342 e. The quantitative estimate of drug-likeness (QED) is 0.760. The first-order chi connectivity index (χ1) is 13.0. The number of aryl methyl sites for hydroxylation is 1. The van der Waals surface area contributed by atoms with E-state index in [1.807, 2.05) is 62.4 Å². The number of amides is 2. The summed E-state index contributed by atoms with van der Waals surface area (Å²) in [6, 6.07) is 16.5. The fourth-order valence-corrected chi connectivity index (χ4v) is 3.41. The zero-order chi connectivity index (χ0) is 19.4. The van der Waals surface area contributed by atoms with Crippen molar-refractivity contribution in [2.75, 3.05) is 5.32 Å². The Morgan fingerprint density at radius 3 is 2.52 bits per heavy atom. The van der Waals surface area contributed by atoms with Crippen LogP contribution in [0, 0.1) is 12.8 Å². The number of para-hydroxylation sites is 1. The molecule has 0 spiro atoms. The minimum Gasteiger partial charge on any atom is -0.342 e. The van der Waals surface area contributed by atoms with Gasteiger partial charge in [0.25, 0.3) is 5.91 Å². The standard InChI is InChI=1S/C22H25N3O2/c1-4-18-15(3)19(24-21(26)16-10-8-9-14(2)13-16)22(27)25-20(18)23-17-11-6-5-7-12-17/h5-13,15,19,23H,4H2,1-3H3,(H,24,26)(H,25,27). The van der Waals surface area contributed by atoms with E-state index in [-0.39, 0.29) is 17.7 Å². The van der Waals surface area contributed by atoms with E-state index in [0.717, 1.165) is 23.2 Å². The van der Waals surface area contributed by atoms with Gasteiger partial charge in [0.05, 0.1) is 0 Å². The molecule has 1 aliphatic heterocycles. The van der Waals surface area contributed by atoms with Gasteiger partial charge >= 0.3 is 0 Å². The van der Waals surface area contributed by atoms with Crippen LogP contribution in [0.15, 0.2) is 66.0 Å². The van der Waals surface area contributed by atoms with Crippen molar-refractivity contribution < 1.29 is 9.59 Å². The van der Waals surface area contributed by atoms with Crippen molar-refractivity contribution >= 4 is 17.5 Å². The Bertz CT molecular complexity index is 874. The Labute approximate surface area is 159 Å². The fraction of sp³-hybridized carbons (Fsp3) is 0.273. The number of hydrogen-bond donors (Lipinski definition) is 3. The van der Waals surface area contributed by atoms with Crippen LogP contribution in [0.3, 0.4) is 0 Å². The van der Waals surface area contributed by atoms with Gasteiger partial charge in [-0.1, -0.05) is 49.7 Å². The van der Waals surface area contributed by atoms with Crippen molar-refractivity contribution in [2.24, 2.45) is 5.92 Å². The summed E-state index contributed by atoms with van der Waals surface area (Å²) in [6.45, 7) is 5.97. The van der Waals surface area contributed by atoms with E-state index in [2.05, 4.69) is 22.9 Å². The molecule has 1 heterocycles. The topological polar surface area (TPSA) is 70.2 Å². The minimum absolute atomic E-state index is 0.108. The van der Waals surface area contributed by atoms with E-state index >= 15 is 0 Å². The summed E-state index contributed by atoms with van der Waals surface area (Å²) >= 11 is 0. The lowest BCUT2D eigenvalue weighted by Gasteiger charge is -2.33. The Morgan fingerprint density at radius 1 is 1.11 bits per heavy atom. The summed E-state index contributed by atoms with van der Waals surface area (Å²) < 4.78 is 0. The van der Waals surface area contributed by atoms with E-state index in [1.54, 1.807) is 6.07 Å². The highest BCUT2D eigenvalue weighted by Gasteiger charge is 2.35. The molecule has 3 N–H and O–H groups in total. The van der Waals surface area contributed by atoms with Gasteiger partial charge in [-0.2, -0.15) is 0 Å². The molecular weight excluding hydrogens is 338 g/mol. The Balaban J connectivity index is 1.80. The second kappa shape index (κ2) is 8.08. The van der Waals surface area contributed by atoms with Crippen molar-refractivity contribution in [3.8, 4) is 0 Å². The van der Waals surface area contributed by atoms with E-state index in [4.69, 9.17) is 0 Å². The molecule has 0 saturated heterocycles. The van der Waals surface area contributed by atoms with Crippen molar-refractivity contribution in [1.82, 2.24) is 10.6 Å². The average molecular weight is 363 g/mol. The third-order valence-electron chi connectivity index (χ3n) is 4.89. The molecule has 0 aliphatic carbocycles. The molecule has 5 nitrogen and oxygen atoms in total. The molecule has 27 heavy (non-hydrogen) atoms. The molecule has 140 valence electrons. The van der Waals surface area contributed by atoms with Crippen LogP contribution in [0.1, 0.15) is 36.2 Å². The number of carbonyl (C=O) groups excluding carboxylic acids is 2. The molecule has 5 heteroatoms. The predicted octanol–water partition coefficient (Wildman–Crippen LogP) is 3.59. The summed E-state index contributed by atoms with van der Waals surface area (Å²) in [5.41, 5.74) is 3.55. The Morgan fingerprint density at radius 2 is 1.85 bits per heavy atom. The predicted molar refractivity (Wildman–Crippen MR) is 107 cm³/mol. The molecule has 1 aliphatic rings. The molecule has 2 atom stereocenters. The summed E-state index contributed by atoms with van der Waals surface area (Å²) in [7, 11) is 0. The van der Waals surface area contributed by atoms with Crippen LogP contribution >= 0.6 is 0 Å². The highest BCUT2D eigenvalue weighted by molar-refractivity contribution is 5.98. The molecule has 0 fully saturated rings. The monoisotopic (exact) mass is 363 g/mol. The van der Waals surface area contributed by atoms with Gasteiger partial charge in [-0.05, 0) is 43.2 Å². The number of carbonyl (C=O) groups is 2. The molecule has 2 aromatic rings. The van der Waals surface area contributed by atoms with Crippen LogP contribution < -0.4 is 16.0 Å². The molecule has 2 unspecified atom stereocenters. The van der Waals surface area contributed by atoms with Crippen LogP contribution in [-0.2, 0) is 4.79 Å². The van der Waals surface area contributed by atoms with Gasteiger partial charge in [0.2, 0.25) is 5.91 Å². The fourth-order valence-electron chi connectivity index (χ4n) is 3.41. The Kier molecular flexibility index (Phi) is 5.60. The Hall–Kier alpha value is -3.08. The van der Waals surface area contributed by atoms with Crippen LogP contribution in [0.25, 0.3) is 0 Å². The van der Waals surface area contributed by atoms with Gasteiger partial charge in [-0.25, -0.2) is 0 Å². The van der Waals surface area contributed by atoms with Crippen molar-refractivity contribution in [3.63, 3.8) is 0 Å². The smallest absolute Gasteiger partial charge is 0.251 e. The molecule has 3 rings (SSSR count). The maximum Gasteiger partial charge on any atom is 0.251 e. The minimum atomic E-state index is -0.603. The normalized spacial score (nSPS) is 19.4. The SMILES string of the molecule is CCC1=C(Nc2ccccc2)NC(=O)C(NC(=O)c2cccc(C)c2)C1C. The van der Waals surface area contributed by atoms with Gasteiger partial charge in [0, 0.05) is 17.2 Å². The summed E-state index contributed by atoms with van der Waals surface area (Å²) in [6.07, 6.45) is 0.771. The number of benzene rings is 2. The van der Waals surface area contributed by atoms with Gasteiger partial charge in [-0.3, -0.25) is 9.59 Å². The van der Waals surface area contributed by atoms with Gasteiger partial charge in [0.1, 0.15) is 11.9 Å². The van der Waals surface area contributed by atoms with E-state index < -0.39 is 6.04 Å². The third kappa shape index (κ3) is 4.19. The highest BCUT2D eigenvalue weighted by atomic mass is 16.2. The third-order valence-corrected chi connectivity index (χ3v) is 4.89. The molecule has 0 aromatic heterocycles. The zero-order valence-corrected chi connectivity index (χ0v) is 15.9. The molecule has 2 aromatic carbocycles. The molecular formula is C22H25N3O2. The lowest BCUT2D eigenvalue weighted by molar-refractivity contribution is -0.123. The maximum absolute atomic E-state index is 12.7. The molecule has 2 amide bonds. The van der Waals surface area contributed by atoms with Gasteiger partial charge in [-0.15, -0.1) is 0 Å². The van der Waals surface area contributed by atoms with Crippen LogP contribution in [0.2, 0.25) is 0 Å². The number of nitrogens with one attached hydrogen (secondary N) is 3. The van der Waals surface area contributed by atoms with E-state index in [9.17, 15) is 9.59 Å². The van der Waals surface area contributed by atoms with E-state index in [0.29, 0.717) is 11.4 Å². The lowest BCUT2D eigenvalue weighted by atomic mass is 9.87. The van der Waals surface area contributed by atoms with Crippen molar-refractivity contribution in [1.29, 1.82) is 0 Å². The second-order valence-corrected chi connectivity index (χ2v) is 6.84. The van der Waals surface area contributed by atoms with E-state index in [1.165, 1.54) is 0 Å². The molecule has 0 bridgehead atoms. The number of rotatable bonds is 5. The first-order valence-electron chi connectivity index (χ1n) is 9.23. The van der Waals surface area contributed by atoms with Crippen LogP contribution in [-0.4, -0.2) is 17.9 Å². The molecule has 0 radical (unpaired) electrons.